The summed E-state index contributed by atoms with van der Waals surface area (Å²) >= 11 is 12.3. The molecule has 0 amide bonds. The maximum atomic E-state index is 6.29. The first kappa shape index (κ1) is 17.0. The van der Waals surface area contributed by atoms with Gasteiger partial charge in [-0.15, -0.1) is 0 Å². The minimum Gasteiger partial charge on any atom is -0.306 e. The lowest BCUT2D eigenvalue weighted by Crippen LogP contribution is -2.18. The van der Waals surface area contributed by atoms with E-state index < -0.39 is 0 Å². The van der Waals surface area contributed by atoms with Gasteiger partial charge in [0.15, 0.2) is 0 Å². The summed E-state index contributed by atoms with van der Waals surface area (Å²) in [7, 11) is 0. The Morgan fingerprint density at radius 2 is 1.58 bits per heavy atom. The summed E-state index contributed by atoms with van der Waals surface area (Å²) < 4.78 is 0. The van der Waals surface area contributed by atoms with Crippen LogP contribution in [0.15, 0.2) is 72.8 Å². The van der Waals surface area contributed by atoms with E-state index >= 15 is 0 Å². The van der Waals surface area contributed by atoms with Crippen LogP contribution in [0.3, 0.4) is 0 Å². The van der Waals surface area contributed by atoms with E-state index in [0.717, 1.165) is 12.1 Å². The van der Waals surface area contributed by atoms with Crippen molar-refractivity contribution in [2.75, 3.05) is 0 Å². The summed E-state index contributed by atoms with van der Waals surface area (Å²) in [6, 6.07) is 24.8. The van der Waals surface area contributed by atoms with Crippen molar-refractivity contribution in [1.82, 2.24) is 5.32 Å². The van der Waals surface area contributed by atoms with Crippen molar-refractivity contribution in [1.29, 1.82) is 0 Å². The number of rotatable bonds is 5. The van der Waals surface area contributed by atoms with Crippen molar-refractivity contribution >= 4 is 23.2 Å². The molecule has 0 aromatic heterocycles. The van der Waals surface area contributed by atoms with Crippen LogP contribution in [0.5, 0.6) is 0 Å². The molecule has 3 aromatic rings. The second kappa shape index (κ2) is 7.85. The zero-order valence-electron chi connectivity index (χ0n) is 13.5. The molecular weight excluding hydrogens is 337 g/mol. The van der Waals surface area contributed by atoms with E-state index in [9.17, 15) is 0 Å². The molecule has 0 aliphatic carbocycles. The smallest absolute Gasteiger partial charge is 0.0468 e. The minimum atomic E-state index is 0.148. The molecule has 0 saturated carbocycles. The molecule has 3 rings (SSSR count). The Labute approximate surface area is 153 Å². The molecule has 0 bridgehead atoms. The average Bonchev–Trinajstić information content (AvgIpc) is 2.61. The Hall–Kier alpha value is -1.80. The van der Waals surface area contributed by atoms with Crippen LogP contribution < -0.4 is 5.32 Å². The maximum Gasteiger partial charge on any atom is 0.0468 e. The van der Waals surface area contributed by atoms with Gasteiger partial charge in [0.25, 0.3) is 0 Å². The van der Waals surface area contributed by atoms with Gasteiger partial charge >= 0.3 is 0 Å². The fraction of sp³-hybridized carbons (Fsp3) is 0.143. The Kier molecular flexibility index (Phi) is 5.57. The van der Waals surface area contributed by atoms with Crippen LogP contribution in [0.1, 0.15) is 24.1 Å². The molecule has 3 aromatic carbocycles. The monoisotopic (exact) mass is 355 g/mol. The summed E-state index contributed by atoms with van der Waals surface area (Å²) in [4.78, 5) is 0. The van der Waals surface area contributed by atoms with E-state index in [2.05, 4.69) is 60.8 Å². The molecule has 1 unspecified atom stereocenters. The highest BCUT2D eigenvalue weighted by molar-refractivity contribution is 6.35. The van der Waals surface area contributed by atoms with Gasteiger partial charge in [0.05, 0.1) is 0 Å². The molecule has 0 radical (unpaired) electrons. The van der Waals surface area contributed by atoms with Crippen molar-refractivity contribution in [3.63, 3.8) is 0 Å². The van der Waals surface area contributed by atoms with Crippen LogP contribution in [0.2, 0.25) is 10.0 Å². The van der Waals surface area contributed by atoms with Gasteiger partial charge in [0.2, 0.25) is 0 Å². The van der Waals surface area contributed by atoms with Crippen molar-refractivity contribution in [3.05, 3.63) is 94.0 Å². The SMILES string of the molecule is CC(NCc1cccc(-c2ccccc2)c1)c1ccc(Cl)cc1Cl. The molecule has 1 N–H and O–H groups in total. The molecule has 0 spiro atoms. The van der Waals surface area contributed by atoms with Crippen molar-refractivity contribution < 1.29 is 0 Å². The largest absolute Gasteiger partial charge is 0.306 e. The molecule has 0 aliphatic heterocycles. The third-order valence-electron chi connectivity index (χ3n) is 4.08. The highest BCUT2D eigenvalue weighted by Gasteiger charge is 2.10. The lowest BCUT2D eigenvalue weighted by Gasteiger charge is -2.16. The Balaban J connectivity index is 1.70. The van der Waals surface area contributed by atoms with Crippen LogP contribution in [-0.2, 0) is 6.54 Å². The molecule has 122 valence electrons. The highest BCUT2D eigenvalue weighted by atomic mass is 35.5. The molecule has 0 saturated heterocycles. The predicted molar refractivity (Wildman–Crippen MR) is 104 cm³/mol. The van der Waals surface area contributed by atoms with E-state index in [0.29, 0.717) is 10.0 Å². The van der Waals surface area contributed by atoms with Crippen LogP contribution >= 0.6 is 23.2 Å². The molecule has 3 heteroatoms. The number of benzene rings is 3. The Bertz CT molecular complexity index is 815. The first-order valence-corrected chi connectivity index (χ1v) is 8.72. The van der Waals surface area contributed by atoms with E-state index in [1.165, 1.54) is 16.7 Å². The topological polar surface area (TPSA) is 12.0 Å². The highest BCUT2D eigenvalue weighted by Crippen LogP contribution is 2.26. The van der Waals surface area contributed by atoms with Gasteiger partial charge in [-0.1, -0.05) is 77.8 Å². The lowest BCUT2D eigenvalue weighted by atomic mass is 10.0. The van der Waals surface area contributed by atoms with Gasteiger partial charge in [-0.25, -0.2) is 0 Å². The van der Waals surface area contributed by atoms with Gasteiger partial charge in [0.1, 0.15) is 0 Å². The zero-order valence-corrected chi connectivity index (χ0v) is 15.0. The van der Waals surface area contributed by atoms with E-state index in [1.54, 1.807) is 6.07 Å². The van der Waals surface area contributed by atoms with Crippen LogP contribution in [0.25, 0.3) is 11.1 Å². The molecule has 0 fully saturated rings. The zero-order chi connectivity index (χ0) is 16.9. The summed E-state index contributed by atoms with van der Waals surface area (Å²) in [6.07, 6.45) is 0. The molecule has 0 aliphatic rings. The van der Waals surface area contributed by atoms with E-state index in [4.69, 9.17) is 23.2 Å². The summed E-state index contributed by atoms with van der Waals surface area (Å²) in [5.74, 6) is 0. The Morgan fingerprint density at radius 1 is 0.833 bits per heavy atom. The number of hydrogen-bond acceptors (Lipinski definition) is 1. The molecular formula is C21H19Cl2N. The first-order chi connectivity index (χ1) is 11.6. The minimum absolute atomic E-state index is 0.148. The predicted octanol–water partition coefficient (Wildman–Crippen LogP) is 6.51. The molecule has 24 heavy (non-hydrogen) atoms. The fourth-order valence-corrected chi connectivity index (χ4v) is 3.30. The molecule has 1 atom stereocenters. The number of halogens is 2. The number of hydrogen-bond donors (Lipinski definition) is 1. The van der Waals surface area contributed by atoms with Gasteiger partial charge in [0, 0.05) is 22.6 Å². The van der Waals surface area contributed by atoms with Gasteiger partial charge < -0.3 is 5.32 Å². The van der Waals surface area contributed by atoms with E-state index in [-0.39, 0.29) is 6.04 Å². The quantitative estimate of drug-likeness (QED) is 0.549. The van der Waals surface area contributed by atoms with Crippen molar-refractivity contribution in [2.24, 2.45) is 0 Å². The Morgan fingerprint density at radius 3 is 2.33 bits per heavy atom. The van der Waals surface area contributed by atoms with Crippen molar-refractivity contribution in [3.8, 4) is 11.1 Å². The summed E-state index contributed by atoms with van der Waals surface area (Å²) in [5, 5.41) is 4.88. The summed E-state index contributed by atoms with van der Waals surface area (Å²) in [6.45, 7) is 2.89. The number of nitrogens with one attached hydrogen (secondary N) is 1. The van der Waals surface area contributed by atoms with Gasteiger partial charge in [-0.3, -0.25) is 0 Å². The third-order valence-corrected chi connectivity index (χ3v) is 4.64. The van der Waals surface area contributed by atoms with Crippen LogP contribution in [0, 0.1) is 0 Å². The fourth-order valence-electron chi connectivity index (χ4n) is 2.73. The van der Waals surface area contributed by atoms with Crippen molar-refractivity contribution in [2.45, 2.75) is 19.5 Å². The second-order valence-electron chi connectivity index (χ2n) is 5.83. The van der Waals surface area contributed by atoms with E-state index in [1.807, 2.05) is 18.2 Å². The molecule has 0 heterocycles. The molecule has 1 nitrogen and oxygen atoms in total. The van der Waals surface area contributed by atoms with Crippen LogP contribution in [0.4, 0.5) is 0 Å². The summed E-state index contributed by atoms with van der Waals surface area (Å²) in [5.41, 5.74) is 4.76. The first-order valence-electron chi connectivity index (χ1n) is 7.96. The third kappa shape index (κ3) is 4.18. The van der Waals surface area contributed by atoms with Crippen LogP contribution in [-0.4, -0.2) is 0 Å². The second-order valence-corrected chi connectivity index (χ2v) is 6.68. The lowest BCUT2D eigenvalue weighted by molar-refractivity contribution is 0.575. The van der Waals surface area contributed by atoms with Gasteiger partial charge in [-0.2, -0.15) is 0 Å². The average molecular weight is 356 g/mol. The van der Waals surface area contributed by atoms with Gasteiger partial charge in [-0.05, 0) is 47.4 Å². The standard InChI is InChI=1S/C21H19Cl2N/c1-15(20-11-10-19(22)13-21(20)23)24-14-16-6-5-9-18(12-16)17-7-3-2-4-8-17/h2-13,15,24H,14H2,1H3. The normalized spacial score (nSPS) is 12.1. The maximum absolute atomic E-state index is 6.29.